The van der Waals surface area contributed by atoms with E-state index in [0.29, 0.717) is 0 Å². The first-order valence-corrected chi connectivity index (χ1v) is 7.25. The molecule has 1 aliphatic heterocycles. The van der Waals surface area contributed by atoms with E-state index in [2.05, 4.69) is 20.4 Å². The zero-order valence-corrected chi connectivity index (χ0v) is 11.3. The second-order valence-electron chi connectivity index (χ2n) is 5.99. The average Bonchev–Trinajstić information content (AvgIpc) is 3.06. The van der Waals surface area contributed by atoms with Crippen molar-refractivity contribution < 1.29 is 0 Å². The summed E-state index contributed by atoms with van der Waals surface area (Å²) in [5.74, 6) is 2.91. The summed E-state index contributed by atoms with van der Waals surface area (Å²) in [5.41, 5.74) is 0. The Balaban J connectivity index is 1.47. The van der Waals surface area contributed by atoms with Crippen LogP contribution in [0, 0.1) is 11.8 Å². The Labute approximate surface area is 109 Å². The van der Waals surface area contributed by atoms with Gasteiger partial charge in [-0.05, 0) is 41.6 Å². The molecular formula is C13H23N5. The fraction of sp³-hybridized carbons (Fsp3) is 0.923. The van der Waals surface area contributed by atoms with Crippen LogP contribution in [0.15, 0.2) is 0 Å². The van der Waals surface area contributed by atoms with Gasteiger partial charge in [-0.1, -0.05) is 25.7 Å². The summed E-state index contributed by atoms with van der Waals surface area (Å²) in [5, 5.41) is 11.7. The van der Waals surface area contributed by atoms with E-state index in [1.54, 1.807) is 4.68 Å². The molecular weight excluding hydrogens is 226 g/mol. The van der Waals surface area contributed by atoms with E-state index in [-0.39, 0.29) is 0 Å². The summed E-state index contributed by atoms with van der Waals surface area (Å²) in [4.78, 5) is 2.51. The molecule has 1 aromatic rings. The quantitative estimate of drug-likeness (QED) is 0.813. The lowest BCUT2D eigenvalue weighted by molar-refractivity contribution is 0.289. The maximum absolute atomic E-state index is 4.07. The van der Waals surface area contributed by atoms with Crippen LogP contribution in [0.25, 0.3) is 0 Å². The molecule has 0 N–H and O–H groups in total. The number of aromatic nitrogens is 4. The first kappa shape index (κ1) is 12.1. The molecule has 5 heteroatoms. The highest BCUT2D eigenvalue weighted by atomic mass is 15.5. The van der Waals surface area contributed by atoms with Crippen molar-refractivity contribution in [2.45, 2.75) is 45.1 Å². The van der Waals surface area contributed by atoms with Gasteiger partial charge >= 0.3 is 0 Å². The topological polar surface area (TPSA) is 46.8 Å². The Bertz CT molecular complexity index is 382. The molecule has 3 rings (SSSR count). The number of hydrogen-bond donors (Lipinski definition) is 0. The lowest BCUT2D eigenvalue weighted by atomic mass is 9.93. The fourth-order valence-corrected chi connectivity index (χ4v) is 3.55. The maximum Gasteiger partial charge on any atom is 0.164 e. The lowest BCUT2D eigenvalue weighted by Gasteiger charge is -2.17. The molecule has 0 radical (unpaired) electrons. The number of likely N-dealkylation sites (tertiary alicyclic amines) is 1. The minimum atomic E-state index is 0.907. The molecule has 0 aromatic carbocycles. The third-order valence-corrected chi connectivity index (χ3v) is 4.58. The van der Waals surface area contributed by atoms with Crippen molar-refractivity contribution in [2.24, 2.45) is 18.9 Å². The van der Waals surface area contributed by atoms with Crippen LogP contribution >= 0.6 is 0 Å². The zero-order valence-electron chi connectivity index (χ0n) is 11.3. The van der Waals surface area contributed by atoms with E-state index in [0.717, 1.165) is 24.2 Å². The first-order valence-electron chi connectivity index (χ1n) is 7.25. The highest BCUT2D eigenvalue weighted by molar-refractivity contribution is 4.85. The first-order chi connectivity index (χ1) is 8.81. The lowest BCUT2D eigenvalue weighted by Crippen LogP contribution is -2.22. The van der Waals surface area contributed by atoms with Gasteiger partial charge in [0.05, 0.1) is 6.54 Å². The van der Waals surface area contributed by atoms with Crippen molar-refractivity contribution in [3.8, 4) is 0 Å². The second-order valence-corrected chi connectivity index (χ2v) is 5.99. The van der Waals surface area contributed by atoms with E-state index in [4.69, 9.17) is 0 Å². The maximum atomic E-state index is 4.07. The minimum Gasteiger partial charge on any atom is -0.296 e. The molecule has 0 spiro atoms. The molecule has 1 atom stereocenters. The van der Waals surface area contributed by atoms with Gasteiger partial charge in [-0.2, -0.15) is 0 Å². The Morgan fingerprint density at radius 1 is 1.17 bits per heavy atom. The highest BCUT2D eigenvalue weighted by Crippen LogP contribution is 2.33. The van der Waals surface area contributed by atoms with Crippen LogP contribution in [0.3, 0.4) is 0 Å². The van der Waals surface area contributed by atoms with Gasteiger partial charge in [-0.15, -0.1) is 5.10 Å². The predicted octanol–water partition coefficient (Wildman–Crippen LogP) is 1.61. The zero-order chi connectivity index (χ0) is 12.4. The third kappa shape index (κ3) is 2.71. The van der Waals surface area contributed by atoms with E-state index < -0.39 is 0 Å². The molecule has 0 amide bonds. The van der Waals surface area contributed by atoms with Crippen LogP contribution in [-0.4, -0.2) is 38.2 Å². The monoisotopic (exact) mass is 249 g/mol. The van der Waals surface area contributed by atoms with E-state index in [1.165, 1.54) is 51.6 Å². The predicted molar refractivity (Wildman–Crippen MR) is 68.8 cm³/mol. The van der Waals surface area contributed by atoms with Crippen molar-refractivity contribution in [1.29, 1.82) is 0 Å². The van der Waals surface area contributed by atoms with Gasteiger partial charge in [-0.3, -0.25) is 4.90 Å². The summed E-state index contributed by atoms with van der Waals surface area (Å²) in [7, 11) is 1.92. The van der Waals surface area contributed by atoms with E-state index >= 15 is 0 Å². The summed E-state index contributed by atoms with van der Waals surface area (Å²) < 4.78 is 1.78. The molecule has 1 aromatic heterocycles. The second kappa shape index (κ2) is 5.34. The normalized spacial score (nSPS) is 26.2. The molecule has 100 valence electrons. The fourth-order valence-electron chi connectivity index (χ4n) is 3.55. The number of aryl methyl sites for hydroxylation is 1. The van der Waals surface area contributed by atoms with Crippen molar-refractivity contribution in [3.63, 3.8) is 0 Å². The molecule has 2 aliphatic rings. The van der Waals surface area contributed by atoms with Gasteiger partial charge in [0.25, 0.3) is 0 Å². The SMILES string of the molecule is Cn1nnnc1CN1CCC(CC2CCCC2)C1. The molecule has 0 bridgehead atoms. The number of nitrogens with zero attached hydrogens (tertiary/aromatic N) is 5. The molecule has 18 heavy (non-hydrogen) atoms. The van der Waals surface area contributed by atoms with Crippen molar-refractivity contribution >= 4 is 0 Å². The Morgan fingerprint density at radius 3 is 2.72 bits per heavy atom. The summed E-state index contributed by atoms with van der Waals surface area (Å²) in [6, 6.07) is 0. The molecule has 1 saturated carbocycles. The van der Waals surface area contributed by atoms with Crippen LogP contribution in [0.4, 0.5) is 0 Å². The van der Waals surface area contributed by atoms with Crippen molar-refractivity contribution in [2.75, 3.05) is 13.1 Å². The standard InChI is InChI=1S/C13H23N5/c1-17-13(14-15-16-17)10-18-7-6-12(9-18)8-11-4-2-3-5-11/h11-12H,2-10H2,1H3. The molecule has 1 aliphatic carbocycles. The Morgan fingerprint density at radius 2 is 2.00 bits per heavy atom. The highest BCUT2D eigenvalue weighted by Gasteiger charge is 2.27. The van der Waals surface area contributed by atoms with Gasteiger partial charge in [0, 0.05) is 13.6 Å². The van der Waals surface area contributed by atoms with Crippen LogP contribution in [0.2, 0.25) is 0 Å². The van der Waals surface area contributed by atoms with Crippen molar-refractivity contribution in [1.82, 2.24) is 25.1 Å². The Hall–Kier alpha value is -0.970. The summed E-state index contributed by atoms with van der Waals surface area (Å²) in [6.45, 7) is 3.36. The summed E-state index contributed by atoms with van der Waals surface area (Å²) in [6.07, 6.45) is 8.69. The van der Waals surface area contributed by atoms with Gasteiger partial charge in [-0.25, -0.2) is 4.68 Å². The van der Waals surface area contributed by atoms with Crippen molar-refractivity contribution in [3.05, 3.63) is 5.82 Å². The van der Waals surface area contributed by atoms with Crippen LogP contribution < -0.4 is 0 Å². The van der Waals surface area contributed by atoms with E-state index in [1.807, 2.05) is 7.05 Å². The molecule has 2 heterocycles. The molecule has 5 nitrogen and oxygen atoms in total. The van der Waals surface area contributed by atoms with Crippen LogP contribution in [0.1, 0.15) is 44.3 Å². The van der Waals surface area contributed by atoms with Gasteiger partial charge < -0.3 is 0 Å². The number of hydrogen-bond acceptors (Lipinski definition) is 4. The summed E-state index contributed by atoms with van der Waals surface area (Å²) >= 11 is 0. The Kier molecular flexibility index (Phi) is 3.59. The number of rotatable bonds is 4. The van der Waals surface area contributed by atoms with Crippen LogP contribution in [-0.2, 0) is 13.6 Å². The average molecular weight is 249 g/mol. The smallest absolute Gasteiger partial charge is 0.164 e. The molecule has 1 unspecified atom stereocenters. The van der Waals surface area contributed by atoms with Gasteiger partial charge in [0.15, 0.2) is 5.82 Å². The van der Waals surface area contributed by atoms with E-state index in [9.17, 15) is 0 Å². The van der Waals surface area contributed by atoms with Gasteiger partial charge in [0.2, 0.25) is 0 Å². The molecule has 2 fully saturated rings. The molecule has 1 saturated heterocycles. The number of tetrazole rings is 1. The van der Waals surface area contributed by atoms with Gasteiger partial charge in [0.1, 0.15) is 0 Å². The minimum absolute atomic E-state index is 0.907. The third-order valence-electron chi connectivity index (χ3n) is 4.58. The largest absolute Gasteiger partial charge is 0.296 e. The van der Waals surface area contributed by atoms with Crippen LogP contribution in [0.5, 0.6) is 0 Å².